The molecule has 136 valence electrons. The number of allylic oxidation sites excluding steroid dienone is 1. The molecule has 4 rings (SSSR count). The molecule has 2 unspecified atom stereocenters. The first-order valence-electron chi connectivity index (χ1n) is 8.53. The Morgan fingerprint density at radius 2 is 1.85 bits per heavy atom. The predicted molar refractivity (Wildman–Crippen MR) is 111 cm³/mol. The molecule has 0 aliphatic carbocycles. The lowest BCUT2D eigenvalue weighted by Crippen LogP contribution is -2.32. The van der Waals surface area contributed by atoms with Crippen molar-refractivity contribution in [1.82, 2.24) is 0 Å². The Morgan fingerprint density at radius 1 is 1.12 bits per heavy atom. The van der Waals surface area contributed by atoms with Crippen LogP contribution < -0.4 is 10.6 Å². The molecule has 0 bridgehead atoms. The molecule has 0 saturated heterocycles. The zero-order chi connectivity index (χ0) is 18.5. The topological polar surface area (TPSA) is 41.1 Å². The maximum atomic E-state index is 13.2. The van der Waals surface area contributed by atoms with Crippen molar-refractivity contribution in [3.05, 3.63) is 68.7 Å². The minimum Gasteiger partial charge on any atom is -0.372 e. The van der Waals surface area contributed by atoms with Gasteiger partial charge >= 0.3 is 0 Å². The largest absolute Gasteiger partial charge is 0.372 e. The average Bonchev–Trinajstić information content (AvgIpc) is 2.69. The van der Waals surface area contributed by atoms with Gasteiger partial charge in [-0.15, -0.1) is 0 Å². The second-order valence-electron chi connectivity index (χ2n) is 7.59. The SMILES string of the molecule is CC1(C)CC2=C(C(c3ccc(Cl)cc3Cl)Nc3ccccc3N2)S(=O)C1. The van der Waals surface area contributed by atoms with Gasteiger partial charge in [-0.2, -0.15) is 0 Å². The van der Waals surface area contributed by atoms with Crippen molar-refractivity contribution in [3.8, 4) is 0 Å². The smallest absolute Gasteiger partial charge is 0.0884 e. The molecule has 0 fully saturated rings. The molecule has 2 N–H and O–H groups in total. The molecule has 26 heavy (non-hydrogen) atoms. The Kier molecular flexibility index (Phi) is 4.54. The molecule has 0 saturated carbocycles. The van der Waals surface area contributed by atoms with Crippen molar-refractivity contribution in [1.29, 1.82) is 0 Å². The van der Waals surface area contributed by atoms with E-state index in [0.717, 1.165) is 34.0 Å². The van der Waals surface area contributed by atoms with Gasteiger partial charge in [-0.25, -0.2) is 0 Å². The highest BCUT2D eigenvalue weighted by molar-refractivity contribution is 7.89. The number of para-hydroxylation sites is 2. The maximum absolute atomic E-state index is 13.2. The van der Waals surface area contributed by atoms with Crippen LogP contribution >= 0.6 is 23.2 Å². The molecule has 2 aliphatic heterocycles. The Morgan fingerprint density at radius 3 is 2.58 bits per heavy atom. The number of halogens is 2. The van der Waals surface area contributed by atoms with Crippen LogP contribution in [0.1, 0.15) is 31.9 Å². The standard InChI is InChI=1S/C20H20Cl2N2OS/c1-20(2)10-17-19(26(25)11-20)18(13-8-7-12(21)9-14(13)22)24-16-6-4-3-5-15(16)23-17/h3-9,18,23-24H,10-11H2,1-2H3. The minimum absolute atomic E-state index is 0.0235. The van der Waals surface area contributed by atoms with Gasteiger partial charge in [0, 0.05) is 21.5 Å². The lowest BCUT2D eigenvalue weighted by Gasteiger charge is -2.34. The van der Waals surface area contributed by atoms with E-state index in [4.69, 9.17) is 23.2 Å². The van der Waals surface area contributed by atoms with Gasteiger partial charge in [-0.1, -0.05) is 55.2 Å². The van der Waals surface area contributed by atoms with E-state index in [1.807, 2.05) is 36.4 Å². The van der Waals surface area contributed by atoms with Crippen LogP contribution in [0.3, 0.4) is 0 Å². The molecular formula is C20H20Cl2N2OS. The fourth-order valence-electron chi connectivity index (χ4n) is 3.65. The third-order valence-corrected chi connectivity index (χ3v) is 7.35. The number of nitrogens with one attached hydrogen (secondary N) is 2. The van der Waals surface area contributed by atoms with Crippen molar-refractivity contribution >= 4 is 45.4 Å². The van der Waals surface area contributed by atoms with E-state index < -0.39 is 10.8 Å². The molecule has 2 atom stereocenters. The van der Waals surface area contributed by atoms with Gasteiger partial charge in [-0.05, 0) is 41.7 Å². The van der Waals surface area contributed by atoms with Crippen LogP contribution in [0.15, 0.2) is 53.1 Å². The van der Waals surface area contributed by atoms with Gasteiger partial charge in [0.25, 0.3) is 0 Å². The van der Waals surface area contributed by atoms with Crippen LogP contribution in [-0.2, 0) is 10.8 Å². The summed E-state index contributed by atoms with van der Waals surface area (Å²) in [6, 6.07) is 13.2. The second-order valence-corrected chi connectivity index (χ2v) is 9.85. The van der Waals surface area contributed by atoms with E-state index in [1.54, 1.807) is 6.07 Å². The molecule has 0 radical (unpaired) electrons. The molecule has 0 spiro atoms. The molecule has 3 nitrogen and oxygen atoms in total. The highest BCUT2D eigenvalue weighted by Crippen LogP contribution is 2.46. The van der Waals surface area contributed by atoms with Crippen LogP contribution in [0, 0.1) is 5.41 Å². The first kappa shape index (κ1) is 17.9. The number of hydrogen-bond donors (Lipinski definition) is 2. The number of fused-ring (bicyclic) bond motifs is 1. The first-order valence-corrected chi connectivity index (χ1v) is 10.6. The average molecular weight is 407 g/mol. The summed E-state index contributed by atoms with van der Waals surface area (Å²) >= 11 is 12.6. The maximum Gasteiger partial charge on any atom is 0.0884 e. The number of benzene rings is 2. The van der Waals surface area contributed by atoms with Crippen LogP contribution in [0.25, 0.3) is 0 Å². The Balaban J connectivity index is 1.91. The lowest BCUT2D eigenvalue weighted by atomic mass is 9.88. The van der Waals surface area contributed by atoms with Gasteiger partial charge in [0.1, 0.15) is 0 Å². The van der Waals surface area contributed by atoms with Crippen LogP contribution in [-0.4, -0.2) is 9.96 Å². The van der Waals surface area contributed by atoms with E-state index >= 15 is 0 Å². The van der Waals surface area contributed by atoms with Crippen LogP contribution in [0.4, 0.5) is 11.4 Å². The zero-order valence-electron chi connectivity index (χ0n) is 14.6. The van der Waals surface area contributed by atoms with Gasteiger partial charge < -0.3 is 10.6 Å². The Bertz CT molecular complexity index is 939. The molecule has 2 heterocycles. The van der Waals surface area contributed by atoms with Gasteiger partial charge in [-0.3, -0.25) is 4.21 Å². The summed E-state index contributed by atoms with van der Waals surface area (Å²) in [5, 5.41) is 8.25. The normalized spacial score (nSPS) is 24.0. The molecule has 0 aromatic heterocycles. The zero-order valence-corrected chi connectivity index (χ0v) is 16.9. The Labute approximate surface area is 166 Å². The minimum atomic E-state index is -1.11. The van der Waals surface area contributed by atoms with Crippen molar-refractivity contribution in [2.45, 2.75) is 26.3 Å². The first-order chi connectivity index (χ1) is 12.3. The predicted octanol–water partition coefficient (Wildman–Crippen LogP) is 5.96. The highest BCUT2D eigenvalue weighted by Gasteiger charge is 2.38. The summed E-state index contributed by atoms with van der Waals surface area (Å²) in [4.78, 5) is 0.879. The summed E-state index contributed by atoms with van der Waals surface area (Å²) in [7, 11) is -1.11. The molecular weight excluding hydrogens is 387 g/mol. The molecule has 2 aromatic carbocycles. The summed E-state index contributed by atoms with van der Waals surface area (Å²) in [5.41, 5.74) is 3.84. The lowest BCUT2D eigenvalue weighted by molar-refractivity contribution is 0.409. The van der Waals surface area contributed by atoms with Gasteiger partial charge in [0.15, 0.2) is 0 Å². The van der Waals surface area contributed by atoms with E-state index in [9.17, 15) is 4.21 Å². The molecule has 2 aromatic rings. The summed E-state index contributed by atoms with van der Waals surface area (Å²) < 4.78 is 13.2. The quantitative estimate of drug-likeness (QED) is 0.613. The van der Waals surface area contributed by atoms with Crippen molar-refractivity contribution in [2.24, 2.45) is 5.41 Å². The molecule has 6 heteroatoms. The van der Waals surface area contributed by atoms with Crippen LogP contribution in [0.2, 0.25) is 10.0 Å². The highest BCUT2D eigenvalue weighted by atomic mass is 35.5. The fourth-order valence-corrected chi connectivity index (χ4v) is 5.99. The molecule has 0 amide bonds. The van der Waals surface area contributed by atoms with Crippen molar-refractivity contribution in [2.75, 3.05) is 16.4 Å². The van der Waals surface area contributed by atoms with E-state index in [1.165, 1.54) is 0 Å². The molecule has 2 aliphatic rings. The third-order valence-electron chi connectivity index (χ3n) is 4.77. The fraction of sp³-hybridized carbons (Fsp3) is 0.300. The van der Waals surface area contributed by atoms with E-state index in [0.29, 0.717) is 15.8 Å². The number of anilines is 2. The van der Waals surface area contributed by atoms with Gasteiger partial charge in [0.2, 0.25) is 0 Å². The summed E-state index contributed by atoms with van der Waals surface area (Å²) in [6.45, 7) is 4.32. The second kappa shape index (κ2) is 6.59. The Hall–Kier alpha value is -1.49. The number of rotatable bonds is 1. The monoisotopic (exact) mass is 406 g/mol. The van der Waals surface area contributed by atoms with Gasteiger partial charge in [0.05, 0.1) is 33.1 Å². The third kappa shape index (κ3) is 3.26. The van der Waals surface area contributed by atoms with Crippen LogP contribution in [0.5, 0.6) is 0 Å². The van der Waals surface area contributed by atoms with E-state index in [-0.39, 0.29) is 11.5 Å². The van der Waals surface area contributed by atoms with Crippen molar-refractivity contribution in [3.63, 3.8) is 0 Å². The van der Waals surface area contributed by atoms with Crippen molar-refractivity contribution < 1.29 is 4.21 Å². The number of hydrogen-bond acceptors (Lipinski definition) is 3. The van der Waals surface area contributed by atoms with E-state index in [2.05, 4.69) is 24.5 Å². The summed E-state index contributed by atoms with van der Waals surface area (Å²) in [6.07, 6.45) is 0.839. The summed E-state index contributed by atoms with van der Waals surface area (Å²) in [5.74, 6) is 0.632.